The third kappa shape index (κ3) is 4.28. The molecule has 2 rings (SSSR count). The molecule has 0 bridgehead atoms. The van der Waals surface area contributed by atoms with Crippen LogP contribution in [0.5, 0.6) is 5.75 Å². The van der Waals surface area contributed by atoms with Gasteiger partial charge in [-0.1, -0.05) is 11.6 Å². The molecule has 0 aromatic heterocycles. The minimum absolute atomic E-state index is 0.0943. The normalized spacial score (nSPS) is 11.1. The summed E-state index contributed by atoms with van der Waals surface area (Å²) in [7, 11) is -2.35. The van der Waals surface area contributed by atoms with Crippen molar-refractivity contribution in [1.29, 1.82) is 0 Å². The number of nitrogens with one attached hydrogen (secondary N) is 1. The Morgan fingerprint density at radius 1 is 1.15 bits per heavy atom. The number of methoxy groups -OCH3 is 1. The molecular weight excluding hydrogens is 378 g/mol. The highest BCUT2D eigenvalue weighted by atomic mass is 35.5. The van der Waals surface area contributed by atoms with Crippen LogP contribution in [-0.2, 0) is 14.8 Å². The number of rotatable bonds is 6. The van der Waals surface area contributed by atoms with Crippen molar-refractivity contribution in [2.75, 3.05) is 18.4 Å². The molecule has 0 spiro atoms. The van der Waals surface area contributed by atoms with Gasteiger partial charge < -0.3 is 9.47 Å². The molecule has 0 radical (unpaired) electrons. The molecule has 0 unspecified atom stereocenters. The second-order valence-electron chi connectivity index (χ2n) is 5.61. The van der Waals surface area contributed by atoms with Gasteiger partial charge in [0.15, 0.2) is 0 Å². The molecule has 0 fully saturated rings. The van der Waals surface area contributed by atoms with Gasteiger partial charge in [0, 0.05) is 5.69 Å². The number of carbonyl (C=O) groups excluding carboxylic acids is 1. The predicted octanol–water partition coefficient (Wildman–Crippen LogP) is 3.94. The second-order valence-corrected chi connectivity index (χ2v) is 7.64. The molecule has 0 heterocycles. The number of halogens is 1. The average Bonchev–Trinajstić information content (AvgIpc) is 2.55. The number of carbonyl (C=O) groups is 1. The first kappa shape index (κ1) is 20.1. The molecule has 6 nitrogen and oxygen atoms in total. The lowest BCUT2D eigenvalue weighted by Crippen LogP contribution is -2.16. The minimum Gasteiger partial charge on any atom is -0.497 e. The van der Waals surface area contributed by atoms with Crippen molar-refractivity contribution in [2.45, 2.75) is 25.7 Å². The number of aryl methyl sites for hydroxylation is 2. The summed E-state index contributed by atoms with van der Waals surface area (Å²) in [5, 5.41) is 0.184. The van der Waals surface area contributed by atoms with Crippen molar-refractivity contribution < 1.29 is 22.7 Å². The molecule has 1 N–H and O–H groups in total. The Balaban J connectivity index is 2.42. The number of hydrogen-bond acceptors (Lipinski definition) is 5. The van der Waals surface area contributed by atoms with E-state index in [9.17, 15) is 13.2 Å². The van der Waals surface area contributed by atoms with Crippen molar-refractivity contribution in [3.63, 3.8) is 0 Å². The Kier molecular flexibility index (Phi) is 6.15. The topological polar surface area (TPSA) is 81.7 Å². The van der Waals surface area contributed by atoms with Gasteiger partial charge in [-0.2, -0.15) is 0 Å². The van der Waals surface area contributed by atoms with Crippen molar-refractivity contribution in [3.8, 4) is 5.75 Å². The lowest BCUT2D eigenvalue weighted by molar-refractivity contribution is 0.0526. The Labute approximate surface area is 158 Å². The molecule has 8 heteroatoms. The first-order valence-electron chi connectivity index (χ1n) is 7.84. The van der Waals surface area contributed by atoms with Crippen LogP contribution in [0.15, 0.2) is 35.2 Å². The molecule has 2 aromatic rings. The van der Waals surface area contributed by atoms with Crippen LogP contribution >= 0.6 is 11.6 Å². The van der Waals surface area contributed by atoms with E-state index in [-0.39, 0.29) is 27.8 Å². The van der Waals surface area contributed by atoms with E-state index in [1.165, 1.54) is 25.3 Å². The van der Waals surface area contributed by atoms with Gasteiger partial charge >= 0.3 is 5.97 Å². The summed E-state index contributed by atoms with van der Waals surface area (Å²) >= 11 is 6.01. The maximum absolute atomic E-state index is 12.8. The number of sulfonamides is 1. The standard InChI is InChI=1S/C18H20ClNO5S/c1-5-25-18(21)15-10-13(6-7-16(15)19)20-26(22,23)17-11(2)8-14(24-4)9-12(17)3/h6-10,20H,5H2,1-4H3. The van der Waals surface area contributed by atoms with E-state index in [0.717, 1.165) is 0 Å². The van der Waals surface area contributed by atoms with E-state index in [4.69, 9.17) is 21.1 Å². The highest BCUT2D eigenvalue weighted by molar-refractivity contribution is 7.92. The molecule has 0 aliphatic heterocycles. The third-order valence-corrected chi connectivity index (χ3v) is 5.67. The fraction of sp³-hybridized carbons (Fsp3) is 0.278. The van der Waals surface area contributed by atoms with E-state index in [1.807, 2.05) is 0 Å². The zero-order valence-corrected chi connectivity index (χ0v) is 16.5. The van der Waals surface area contributed by atoms with Crippen molar-refractivity contribution >= 4 is 33.3 Å². The number of esters is 1. The van der Waals surface area contributed by atoms with Crippen LogP contribution in [0.4, 0.5) is 5.69 Å². The Morgan fingerprint density at radius 2 is 1.77 bits per heavy atom. The van der Waals surface area contributed by atoms with Gasteiger partial charge in [-0.25, -0.2) is 13.2 Å². The predicted molar refractivity (Wildman–Crippen MR) is 101 cm³/mol. The Bertz CT molecular complexity index is 918. The molecule has 0 amide bonds. The largest absolute Gasteiger partial charge is 0.497 e. The van der Waals surface area contributed by atoms with Gasteiger partial charge in [0.05, 0.1) is 29.2 Å². The smallest absolute Gasteiger partial charge is 0.339 e. The summed E-state index contributed by atoms with van der Waals surface area (Å²) in [6.45, 7) is 5.24. The van der Waals surface area contributed by atoms with E-state index in [2.05, 4.69) is 4.72 Å². The second kappa shape index (κ2) is 7.97. The summed E-state index contributed by atoms with van der Waals surface area (Å²) in [4.78, 5) is 12.1. The lowest BCUT2D eigenvalue weighted by atomic mass is 10.1. The van der Waals surface area contributed by atoms with Gasteiger partial charge in [0.25, 0.3) is 10.0 Å². The summed E-state index contributed by atoms with van der Waals surface area (Å²) in [5.74, 6) is -0.0367. The summed E-state index contributed by atoms with van der Waals surface area (Å²) in [6, 6.07) is 7.57. The molecule has 2 aromatic carbocycles. The van der Waals surface area contributed by atoms with Gasteiger partial charge in [0.2, 0.25) is 0 Å². The zero-order valence-electron chi connectivity index (χ0n) is 14.9. The molecule has 0 saturated heterocycles. The van der Waals surface area contributed by atoms with E-state index >= 15 is 0 Å². The SMILES string of the molecule is CCOC(=O)c1cc(NS(=O)(=O)c2c(C)cc(OC)cc2C)ccc1Cl. The molecule has 0 saturated carbocycles. The van der Waals surface area contributed by atoms with Crippen LogP contribution in [-0.4, -0.2) is 28.1 Å². The summed E-state index contributed by atoms with van der Waals surface area (Å²) in [5.41, 5.74) is 1.41. The molecule has 0 atom stereocenters. The van der Waals surface area contributed by atoms with Crippen LogP contribution in [0.2, 0.25) is 5.02 Å². The van der Waals surface area contributed by atoms with E-state index < -0.39 is 16.0 Å². The number of ether oxygens (including phenoxy) is 2. The van der Waals surface area contributed by atoms with Gasteiger partial charge in [-0.05, 0) is 62.2 Å². The van der Waals surface area contributed by atoms with Crippen LogP contribution < -0.4 is 9.46 Å². The number of benzene rings is 2. The minimum atomic E-state index is -3.87. The van der Waals surface area contributed by atoms with Crippen molar-refractivity contribution in [3.05, 3.63) is 52.0 Å². The molecule has 26 heavy (non-hydrogen) atoms. The van der Waals surface area contributed by atoms with E-state index in [0.29, 0.717) is 16.9 Å². The van der Waals surface area contributed by atoms with Gasteiger partial charge in [0.1, 0.15) is 5.75 Å². The zero-order chi connectivity index (χ0) is 19.5. The van der Waals surface area contributed by atoms with Crippen LogP contribution in [0.1, 0.15) is 28.4 Å². The van der Waals surface area contributed by atoms with E-state index in [1.54, 1.807) is 32.9 Å². The Morgan fingerprint density at radius 3 is 2.31 bits per heavy atom. The quantitative estimate of drug-likeness (QED) is 0.746. The fourth-order valence-corrected chi connectivity index (χ4v) is 4.31. The first-order chi connectivity index (χ1) is 12.2. The fourth-order valence-electron chi connectivity index (χ4n) is 2.61. The number of hydrogen-bond donors (Lipinski definition) is 1. The van der Waals surface area contributed by atoms with Crippen molar-refractivity contribution in [1.82, 2.24) is 0 Å². The lowest BCUT2D eigenvalue weighted by Gasteiger charge is -2.15. The molecule has 140 valence electrons. The first-order valence-corrected chi connectivity index (χ1v) is 9.70. The summed E-state index contributed by atoms with van der Waals surface area (Å²) in [6.07, 6.45) is 0. The monoisotopic (exact) mass is 397 g/mol. The Hall–Kier alpha value is -2.25. The number of anilines is 1. The van der Waals surface area contributed by atoms with Crippen LogP contribution in [0, 0.1) is 13.8 Å². The van der Waals surface area contributed by atoms with Crippen LogP contribution in [0.25, 0.3) is 0 Å². The van der Waals surface area contributed by atoms with Gasteiger partial charge in [-0.15, -0.1) is 0 Å². The molecular formula is C18H20ClNO5S. The highest BCUT2D eigenvalue weighted by Gasteiger charge is 2.22. The summed E-state index contributed by atoms with van der Waals surface area (Å²) < 4.78 is 38.2. The molecule has 0 aliphatic carbocycles. The van der Waals surface area contributed by atoms with Crippen LogP contribution in [0.3, 0.4) is 0 Å². The maximum Gasteiger partial charge on any atom is 0.339 e. The molecule has 0 aliphatic rings. The average molecular weight is 398 g/mol. The maximum atomic E-state index is 12.8. The van der Waals surface area contributed by atoms with Crippen molar-refractivity contribution in [2.24, 2.45) is 0 Å². The van der Waals surface area contributed by atoms with Gasteiger partial charge in [-0.3, -0.25) is 4.72 Å². The highest BCUT2D eigenvalue weighted by Crippen LogP contribution is 2.28. The third-order valence-electron chi connectivity index (χ3n) is 3.65.